The van der Waals surface area contributed by atoms with Gasteiger partial charge >= 0.3 is 0 Å². The normalized spacial score (nSPS) is 11.4. The van der Waals surface area contributed by atoms with Gasteiger partial charge in [0.15, 0.2) is 0 Å². The highest BCUT2D eigenvalue weighted by atomic mass is 14.8. The molecule has 0 saturated carbocycles. The molecule has 1 aromatic carbocycles. The van der Waals surface area contributed by atoms with E-state index in [1.165, 1.54) is 5.39 Å². The third-order valence-corrected chi connectivity index (χ3v) is 3.06. The highest BCUT2D eigenvalue weighted by Crippen LogP contribution is 2.32. The van der Waals surface area contributed by atoms with Crippen molar-refractivity contribution in [3.05, 3.63) is 35.7 Å². The molecule has 0 fully saturated rings. The van der Waals surface area contributed by atoms with Crippen molar-refractivity contribution in [1.82, 2.24) is 9.97 Å². The Morgan fingerprint density at radius 1 is 1.12 bits per heavy atom. The number of fused-ring (bicyclic) bond motifs is 3. The van der Waals surface area contributed by atoms with E-state index >= 15 is 0 Å². The third kappa shape index (κ3) is 1.05. The summed E-state index contributed by atoms with van der Waals surface area (Å²) in [7, 11) is 0. The summed E-state index contributed by atoms with van der Waals surface area (Å²) >= 11 is 0. The lowest BCUT2D eigenvalue weighted by atomic mass is 10.1. The number of pyridine rings is 1. The predicted molar refractivity (Wildman–Crippen MR) is 67.5 cm³/mol. The van der Waals surface area contributed by atoms with E-state index in [0.29, 0.717) is 0 Å². The van der Waals surface area contributed by atoms with Crippen LogP contribution in [-0.2, 0) is 0 Å². The molecule has 3 heteroatoms. The fourth-order valence-corrected chi connectivity index (χ4v) is 2.24. The molecule has 0 radical (unpaired) electrons. The standard InChI is InChI=1S/C13H13N3/c1-7-12(14)11-9-5-3-4-6-10(9)16-13(11)8(2)15-7/h3-6,16H,14H2,1-2H3. The Morgan fingerprint density at radius 3 is 2.69 bits per heavy atom. The molecule has 80 valence electrons. The predicted octanol–water partition coefficient (Wildman–Crippen LogP) is 2.92. The fraction of sp³-hybridized carbons (Fsp3) is 0.154. The number of benzene rings is 1. The van der Waals surface area contributed by atoms with E-state index in [0.717, 1.165) is 33.5 Å². The Balaban J connectivity index is 2.66. The summed E-state index contributed by atoms with van der Waals surface area (Å²) in [5.41, 5.74) is 10.9. The molecule has 0 saturated heterocycles. The first-order valence-electron chi connectivity index (χ1n) is 5.31. The van der Waals surface area contributed by atoms with E-state index in [4.69, 9.17) is 5.73 Å². The number of para-hydroxylation sites is 1. The number of nitrogen functional groups attached to an aromatic ring is 1. The molecular weight excluding hydrogens is 198 g/mol. The fourth-order valence-electron chi connectivity index (χ4n) is 2.24. The monoisotopic (exact) mass is 211 g/mol. The molecule has 2 heterocycles. The zero-order valence-electron chi connectivity index (χ0n) is 9.33. The van der Waals surface area contributed by atoms with Crippen LogP contribution in [0.5, 0.6) is 0 Å². The molecule has 0 aliphatic carbocycles. The minimum Gasteiger partial charge on any atom is -0.397 e. The minimum absolute atomic E-state index is 0.776. The summed E-state index contributed by atoms with van der Waals surface area (Å²) in [5, 5.41) is 2.27. The van der Waals surface area contributed by atoms with Crippen LogP contribution in [0.1, 0.15) is 11.4 Å². The highest BCUT2D eigenvalue weighted by molar-refractivity contribution is 6.13. The molecule has 0 spiro atoms. The summed E-state index contributed by atoms with van der Waals surface area (Å²) in [6.45, 7) is 3.95. The van der Waals surface area contributed by atoms with E-state index in [2.05, 4.69) is 22.1 Å². The van der Waals surface area contributed by atoms with Gasteiger partial charge in [-0.2, -0.15) is 0 Å². The number of hydrogen-bond donors (Lipinski definition) is 2. The van der Waals surface area contributed by atoms with Gasteiger partial charge in [-0.15, -0.1) is 0 Å². The Kier molecular flexibility index (Phi) is 1.72. The molecule has 0 aliphatic rings. The van der Waals surface area contributed by atoms with E-state index < -0.39 is 0 Å². The van der Waals surface area contributed by atoms with Gasteiger partial charge in [-0.25, -0.2) is 0 Å². The second kappa shape index (κ2) is 2.98. The van der Waals surface area contributed by atoms with Crippen molar-refractivity contribution in [2.24, 2.45) is 0 Å². The van der Waals surface area contributed by atoms with Gasteiger partial charge in [-0.1, -0.05) is 18.2 Å². The molecule has 0 unspecified atom stereocenters. The van der Waals surface area contributed by atoms with Crippen LogP contribution in [-0.4, -0.2) is 9.97 Å². The number of nitrogens with two attached hydrogens (primary N) is 1. The molecule has 3 rings (SSSR count). The smallest absolute Gasteiger partial charge is 0.0702 e. The van der Waals surface area contributed by atoms with Crippen molar-refractivity contribution in [3.8, 4) is 0 Å². The first kappa shape index (κ1) is 9.21. The van der Waals surface area contributed by atoms with Crippen LogP contribution in [0.15, 0.2) is 24.3 Å². The van der Waals surface area contributed by atoms with Gasteiger partial charge in [0.1, 0.15) is 0 Å². The zero-order chi connectivity index (χ0) is 11.3. The molecule has 3 aromatic rings. The maximum absolute atomic E-state index is 6.12. The van der Waals surface area contributed by atoms with Gasteiger partial charge in [-0.3, -0.25) is 4.98 Å². The van der Waals surface area contributed by atoms with Crippen molar-refractivity contribution in [3.63, 3.8) is 0 Å². The summed E-state index contributed by atoms with van der Waals surface area (Å²) < 4.78 is 0. The van der Waals surface area contributed by atoms with Gasteiger partial charge in [-0.05, 0) is 19.9 Å². The average molecular weight is 211 g/mol. The number of nitrogens with zero attached hydrogens (tertiary/aromatic N) is 1. The second-order valence-electron chi connectivity index (χ2n) is 4.12. The Morgan fingerprint density at radius 2 is 1.88 bits per heavy atom. The summed E-state index contributed by atoms with van der Waals surface area (Å²) in [5.74, 6) is 0. The number of nitrogens with one attached hydrogen (secondary N) is 1. The summed E-state index contributed by atoms with van der Waals surface area (Å²) in [6, 6.07) is 8.19. The molecule has 0 atom stereocenters. The van der Waals surface area contributed by atoms with Gasteiger partial charge in [0.25, 0.3) is 0 Å². The second-order valence-corrected chi connectivity index (χ2v) is 4.12. The van der Waals surface area contributed by atoms with Crippen LogP contribution >= 0.6 is 0 Å². The quantitative estimate of drug-likeness (QED) is 0.600. The van der Waals surface area contributed by atoms with E-state index in [-0.39, 0.29) is 0 Å². The van der Waals surface area contributed by atoms with Crippen molar-refractivity contribution < 1.29 is 0 Å². The molecule has 0 bridgehead atoms. The van der Waals surface area contributed by atoms with Crippen molar-refractivity contribution >= 4 is 27.5 Å². The average Bonchev–Trinajstić information content (AvgIpc) is 2.66. The number of rotatable bonds is 0. The van der Waals surface area contributed by atoms with E-state index in [1.54, 1.807) is 0 Å². The summed E-state index contributed by atoms with van der Waals surface area (Å²) in [6.07, 6.45) is 0. The third-order valence-electron chi connectivity index (χ3n) is 3.06. The Labute approximate surface area is 93.3 Å². The minimum atomic E-state index is 0.776. The number of anilines is 1. The topological polar surface area (TPSA) is 54.7 Å². The lowest BCUT2D eigenvalue weighted by Crippen LogP contribution is -1.96. The maximum Gasteiger partial charge on any atom is 0.0702 e. The lowest BCUT2D eigenvalue weighted by molar-refractivity contribution is 1.15. The molecule has 0 aliphatic heterocycles. The highest BCUT2D eigenvalue weighted by Gasteiger charge is 2.11. The molecule has 3 N–H and O–H groups in total. The van der Waals surface area contributed by atoms with Crippen molar-refractivity contribution in [2.75, 3.05) is 5.73 Å². The molecule has 16 heavy (non-hydrogen) atoms. The lowest BCUT2D eigenvalue weighted by Gasteiger charge is -2.03. The largest absolute Gasteiger partial charge is 0.397 e. The van der Waals surface area contributed by atoms with Crippen LogP contribution in [0.4, 0.5) is 5.69 Å². The number of aromatic amines is 1. The number of aromatic nitrogens is 2. The van der Waals surface area contributed by atoms with Gasteiger partial charge < -0.3 is 10.7 Å². The van der Waals surface area contributed by atoms with Gasteiger partial charge in [0, 0.05) is 16.3 Å². The van der Waals surface area contributed by atoms with Crippen LogP contribution in [0.2, 0.25) is 0 Å². The Hall–Kier alpha value is -2.03. The number of aryl methyl sites for hydroxylation is 2. The molecule has 2 aromatic heterocycles. The first-order chi connectivity index (χ1) is 7.68. The molecule has 0 amide bonds. The van der Waals surface area contributed by atoms with Crippen LogP contribution in [0.3, 0.4) is 0 Å². The maximum atomic E-state index is 6.12. The molecular formula is C13H13N3. The Bertz CT molecular complexity index is 695. The van der Waals surface area contributed by atoms with E-state index in [9.17, 15) is 0 Å². The van der Waals surface area contributed by atoms with Crippen LogP contribution in [0, 0.1) is 13.8 Å². The van der Waals surface area contributed by atoms with Crippen molar-refractivity contribution in [1.29, 1.82) is 0 Å². The van der Waals surface area contributed by atoms with Gasteiger partial charge in [0.05, 0.1) is 22.6 Å². The van der Waals surface area contributed by atoms with Crippen molar-refractivity contribution in [2.45, 2.75) is 13.8 Å². The van der Waals surface area contributed by atoms with Crippen LogP contribution in [0.25, 0.3) is 21.8 Å². The van der Waals surface area contributed by atoms with E-state index in [1.807, 2.05) is 26.0 Å². The number of H-pyrrole nitrogens is 1. The van der Waals surface area contributed by atoms with Gasteiger partial charge in [0.2, 0.25) is 0 Å². The van der Waals surface area contributed by atoms with Crippen LogP contribution < -0.4 is 5.73 Å². The summed E-state index contributed by atoms with van der Waals surface area (Å²) in [4.78, 5) is 7.81. The first-order valence-corrected chi connectivity index (χ1v) is 5.31. The SMILES string of the molecule is Cc1nc(C)c2[nH]c3ccccc3c2c1N. The zero-order valence-corrected chi connectivity index (χ0v) is 9.33. The molecule has 3 nitrogen and oxygen atoms in total. The number of hydrogen-bond acceptors (Lipinski definition) is 2.